The van der Waals surface area contributed by atoms with Gasteiger partial charge in [0.2, 0.25) is 5.12 Å². The molecule has 0 saturated carbocycles. The molecule has 0 spiro atoms. The molecule has 0 bridgehead atoms. The van der Waals surface area contributed by atoms with E-state index in [-0.39, 0.29) is 23.7 Å². The minimum atomic E-state index is -0.905. The summed E-state index contributed by atoms with van der Waals surface area (Å²) in [6.07, 6.45) is -0.709. The van der Waals surface area contributed by atoms with E-state index in [1.807, 2.05) is 6.07 Å². The molecule has 0 aliphatic carbocycles. The maximum absolute atomic E-state index is 12.1. The molecule has 1 aromatic heterocycles. The summed E-state index contributed by atoms with van der Waals surface area (Å²) in [5.74, 6) is 6.00. The molecule has 2 aromatic rings. The second-order valence-corrected chi connectivity index (χ2v) is 7.45. The van der Waals surface area contributed by atoms with Gasteiger partial charge in [-0.1, -0.05) is 53.9 Å². The van der Waals surface area contributed by atoms with E-state index in [9.17, 15) is 19.5 Å². The molecule has 3 N–H and O–H groups in total. The standard InChI is InChI=1S/C20H20N2O6S/c23-12-16-15(24)10-17(28-16)22-11-14(18(25)21-20(22)27)8-4-5-9-29-19(26)13-6-2-1-3-7-13/h1-3,6-7,11,15-17,23-24H,5,9-10,12H2,(H,21,25,27)/t15-,16+,17+/m0/s1. The molecule has 1 saturated heterocycles. The molecular weight excluding hydrogens is 396 g/mol. The molecule has 9 heteroatoms. The Balaban J connectivity index is 1.64. The van der Waals surface area contributed by atoms with E-state index in [1.165, 1.54) is 6.20 Å². The lowest BCUT2D eigenvalue weighted by Gasteiger charge is -2.14. The van der Waals surface area contributed by atoms with Crippen molar-refractivity contribution < 1.29 is 19.7 Å². The second-order valence-electron chi connectivity index (χ2n) is 6.38. The topological polar surface area (TPSA) is 122 Å². The molecule has 1 aliphatic heterocycles. The van der Waals surface area contributed by atoms with Crippen LogP contribution in [0, 0.1) is 11.8 Å². The normalized spacial score (nSPS) is 20.8. The molecule has 1 aromatic carbocycles. The van der Waals surface area contributed by atoms with Crippen molar-refractivity contribution in [1.29, 1.82) is 0 Å². The molecule has 152 valence electrons. The van der Waals surface area contributed by atoms with Crippen molar-refractivity contribution in [3.63, 3.8) is 0 Å². The maximum Gasteiger partial charge on any atom is 0.330 e. The molecule has 3 atom stereocenters. The van der Waals surface area contributed by atoms with Crippen molar-refractivity contribution >= 4 is 16.9 Å². The Labute approximate surface area is 170 Å². The van der Waals surface area contributed by atoms with E-state index in [0.29, 0.717) is 17.7 Å². The average Bonchev–Trinajstić information content (AvgIpc) is 3.10. The van der Waals surface area contributed by atoms with E-state index < -0.39 is 29.7 Å². The lowest BCUT2D eigenvalue weighted by molar-refractivity contribution is -0.0459. The van der Waals surface area contributed by atoms with Gasteiger partial charge in [-0.15, -0.1) is 0 Å². The highest BCUT2D eigenvalue weighted by Gasteiger charge is 2.35. The van der Waals surface area contributed by atoms with E-state index in [1.54, 1.807) is 24.3 Å². The first kappa shape index (κ1) is 21.1. The van der Waals surface area contributed by atoms with Crippen LogP contribution in [0.3, 0.4) is 0 Å². The Kier molecular flexibility index (Phi) is 7.06. The number of rotatable bonds is 5. The predicted octanol–water partition coefficient (Wildman–Crippen LogP) is 0.492. The molecule has 29 heavy (non-hydrogen) atoms. The number of aliphatic hydroxyl groups is 2. The smallest absolute Gasteiger partial charge is 0.330 e. The van der Waals surface area contributed by atoms with Crippen LogP contribution in [0.15, 0.2) is 46.1 Å². The first-order valence-corrected chi connectivity index (χ1v) is 9.99. The van der Waals surface area contributed by atoms with Crippen LogP contribution in [0.4, 0.5) is 0 Å². The number of carbonyl (C=O) groups is 1. The summed E-state index contributed by atoms with van der Waals surface area (Å²) in [5.41, 5.74) is -0.604. The van der Waals surface area contributed by atoms with E-state index in [2.05, 4.69) is 16.8 Å². The molecule has 2 heterocycles. The highest BCUT2D eigenvalue weighted by Crippen LogP contribution is 2.27. The zero-order chi connectivity index (χ0) is 20.8. The minimum absolute atomic E-state index is 0.0471. The molecule has 1 aliphatic rings. The molecule has 3 rings (SSSR count). The molecule has 8 nitrogen and oxygen atoms in total. The largest absolute Gasteiger partial charge is 0.394 e. The SMILES string of the molecule is O=C(SCCC#Cc1cn([C@H]2C[C@H](O)[C@@H](CO)O2)c(=O)[nH]c1=O)c1ccccc1. The van der Waals surface area contributed by atoms with Crippen LogP contribution in [0.2, 0.25) is 0 Å². The Morgan fingerprint density at radius 2 is 2.07 bits per heavy atom. The number of nitrogens with zero attached hydrogens (tertiary/aromatic N) is 1. The Bertz CT molecular complexity index is 1040. The summed E-state index contributed by atoms with van der Waals surface area (Å²) in [4.78, 5) is 38.2. The first-order valence-electron chi connectivity index (χ1n) is 9.00. The van der Waals surface area contributed by atoms with Crippen LogP contribution >= 0.6 is 11.8 Å². The highest BCUT2D eigenvalue weighted by atomic mass is 32.2. The summed E-state index contributed by atoms with van der Waals surface area (Å²) >= 11 is 1.14. The van der Waals surface area contributed by atoms with Gasteiger partial charge in [0.25, 0.3) is 5.56 Å². The molecule has 0 amide bonds. The van der Waals surface area contributed by atoms with E-state index >= 15 is 0 Å². The van der Waals surface area contributed by atoms with Crippen LogP contribution in [-0.4, -0.2) is 49.4 Å². The zero-order valence-electron chi connectivity index (χ0n) is 15.4. The quantitative estimate of drug-likeness (QED) is 0.479. The summed E-state index contributed by atoms with van der Waals surface area (Å²) < 4.78 is 6.60. The third-order valence-electron chi connectivity index (χ3n) is 4.35. The molecule has 0 unspecified atom stereocenters. The van der Waals surface area contributed by atoms with Crippen molar-refractivity contribution in [2.75, 3.05) is 12.4 Å². The third kappa shape index (κ3) is 5.25. The lowest BCUT2D eigenvalue weighted by atomic mass is 10.2. The van der Waals surface area contributed by atoms with Gasteiger partial charge in [-0.25, -0.2) is 4.79 Å². The summed E-state index contributed by atoms with van der Waals surface area (Å²) in [5, 5.41) is 19.0. The van der Waals surface area contributed by atoms with Crippen molar-refractivity contribution in [2.45, 2.75) is 31.3 Å². The van der Waals surface area contributed by atoms with Crippen LogP contribution < -0.4 is 11.2 Å². The Morgan fingerprint density at radius 3 is 2.76 bits per heavy atom. The summed E-state index contributed by atoms with van der Waals surface area (Å²) in [6, 6.07) is 8.92. The van der Waals surface area contributed by atoms with Gasteiger partial charge in [-0.2, -0.15) is 0 Å². The number of H-pyrrole nitrogens is 1. The summed E-state index contributed by atoms with van der Waals surface area (Å²) in [6.45, 7) is -0.373. The number of ether oxygens (including phenoxy) is 1. The van der Waals surface area contributed by atoms with Crippen molar-refractivity contribution in [3.8, 4) is 11.8 Å². The van der Waals surface area contributed by atoms with Crippen molar-refractivity contribution in [2.24, 2.45) is 0 Å². The number of aliphatic hydroxyl groups excluding tert-OH is 2. The van der Waals surface area contributed by atoms with Crippen LogP contribution in [-0.2, 0) is 4.74 Å². The minimum Gasteiger partial charge on any atom is -0.394 e. The number of aromatic nitrogens is 2. The summed E-state index contributed by atoms with van der Waals surface area (Å²) in [7, 11) is 0. The van der Waals surface area contributed by atoms with Gasteiger partial charge in [0.05, 0.1) is 12.7 Å². The van der Waals surface area contributed by atoms with E-state index in [0.717, 1.165) is 16.3 Å². The highest BCUT2D eigenvalue weighted by molar-refractivity contribution is 8.14. The number of hydrogen-bond acceptors (Lipinski definition) is 7. The van der Waals surface area contributed by atoms with Crippen LogP contribution in [0.1, 0.15) is 35.0 Å². The van der Waals surface area contributed by atoms with Crippen LogP contribution in [0.5, 0.6) is 0 Å². The molecule has 1 fully saturated rings. The fourth-order valence-electron chi connectivity index (χ4n) is 2.85. The zero-order valence-corrected chi connectivity index (χ0v) is 16.2. The van der Waals surface area contributed by atoms with Gasteiger partial charge in [-0.3, -0.25) is 19.1 Å². The molecule has 0 radical (unpaired) electrons. The number of aromatic amines is 1. The predicted molar refractivity (Wildman–Crippen MR) is 108 cm³/mol. The van der Waals surface area contributed by atoms with Crippen molar-refractivity contribution in [3.05, 3.63) is 68.5 Å². The van der Waals surface area contributed by atoms with Gasteiger partial charge in [0, 0.05) is 30.4 Å². The fraction of sp³-hybridized carbons (Fsp3) is 0.350. The van der Waals surface area contributed by atoms with Gasteiger partial charge in [0.1, 0.15) is 17.9 Å². The Hall–Kier alpha value is -2.64. The second kappa shape index (κ2) is 9.71. The van der Waals surface area contributed by atoms with Crippen LogP contribution in [0.25, 0.3) is 0 Å². The number of hydrogen-bond donors (Lipinski definition) is 3. The monoisotopic (exact) mass is 416 g/mol. The fourth-order valence-corrected chi connectivity index (χ4v) is 3.54. The average molecular weight is 416 g/mol. The molecular formula is C20H20N2O6S. The number of benzene rings is 1. The van der Waals surface area contributed by atoms with E-state index in [4.69, 9.17) is 9.84 Å². The van der Waals surface area contributed by atoms with Gasteiger partial charge >= 0.3 is 5.69 Å². The first-order chi connectivity index (χ1) is 14.0. The lowest BCUT2D eigenvalue weighted by Crippen LogP contribution is -2.33. The van der Waals surface area contributed by atoms with Gasteiger partial charge in [0.15, 0.2) is 0 Å². The number of nitrogens with one attached hydrogen (secondary N) is 1. The number of thioether (sulfide) groups is 1. The maximum atomic E-state index is 12.1. The van der Waals surface area contributed by atoms with Gasteiger partial charge in [-0.05, 0) is 0 Å². The van der Waals surface area contributed by atoms with Crippen molar-refractivity contribution in [1.82, 2.24) is 9.55 Å². The van der Waals surface area contributed by atoms with Gasteiger partial charge < -0.3 is 14.9 Å². The Morgan fingerprint density at radius 1 is 1.31 bits per heavy atom. The third-order valence-corrected chi connectivity index (χ3v) is 5.26. The number of carbonyl (C=O) groups excluding carboxylic acids is 1.